The molecular formula is C22H16N4O2. The largest absolute Gasteiger partial charge is 0.508 e. The lowest BCUT2D eigenvalue weighted by atomic mass is 10.1. The summed E-state index contributed by atoms with van der Waals surface area (Å²) in [4.78, 5) is 0. The Labute approximate surface area is 161 Å². The summed E-state index contributed by atoms with van der Waals surface area (Å²) in [7, 11) is 0. The van der Waals surface area contributed by atoms with Gasteiger partial charge in [0.1, 0.15) is 17.2 Å². The van der Waals surface area contributed by atoms with Crippen LogP contribution in [0.4, 0.5) is 22.7 Å². The van der Waals surface area contributed by atoms with E-state index in [-0.39, 0.29) is 11.5 Å². The maximum atomic E-state index is 10.1. The first-order chi connectivity index (χ1) is 13.7. The van der Waals surface area contributed by atoms with E-state index in [1.807, 2.05) is 30.3 Å². The van der Waals surface area contributed by atoms with Crippen molar-refractivity contribution in [1.29, 1.82) is 0 Å². The number of aromatic hydroxyl groups is 2. The van der Waals surface area contributed by atoms with Crippen LogP contribution in [0.1, 0.15) is 0 Å². The summed E-state index contributed by atoms with van der Waals surface area (Å²) in [5.74, 6) is 0.177. The van der Waals surface area contributed by atoms with Crippen LogP contribution >= 0.6 is 0 Å². The first kappa shape index (κ1) is 17.4. The first-order valence-corrected chi connectivity index (χ1v) is 8.62. The molecule has 0 fully saturated rings. The highest BCUT2D eigenvalue weighted by Crippen LogP contribution is 2.37. The SMILES string of the molecule is Oc1ccc2c(N=Nc3ccc(N=Nc4ccccc4)cc3)c(O)ccc2c1. The molecule has 0 unspecified atom stereocenters. The van der Waals surface area contributed by atoms with Crippen LogP contribution in [0.5, 0.6) is 11.5 Å². The van der Waals surface area contributed by atoms with Gasteiger partial charge in [0, 0.05) is 5.39 Å². The zero-order valence-electron chi connectivity index (χ0n) is 14.8. The molecule has 0 saturated heterocycles. The van der Waals surface area contributed by atoms with Gasteiger partial charge in [0.05, 0.1) is 17.1 Å². The molecule has 4 aromatic rings. The summed E-state index contributed by atoms with van der Waals surface area (Å²) in [5, 5.41) is 38.0. The minimum Gasteiger partial charge on any atom is -0.508 e. The monoisotopic (exact) mass is 368 g/mol. The normalized spacial score (nSPS) is 11.6. The third-order valence-corrected chi connectivity index (χ3v) is 4.11. The minimum atomic E-state index is 0.0234. The molecule has 136 valence electrons. The van der Waals surface area contributed by atoms with Crippen LogP contribution in [-0.4, -0.2) is 10.2 Å². The van der Waals surface area contributed by atoms with Crippen molar-refractivity contribution >= 4 is 33.5 Å². The van der Waals surface area contributed by atoms with Crippen molar-refractivity contribution in [3.63, 3.8) is 0 Å². The van der Waals surface area contributed by atoms with Crippen LogP contribution in [0, 0.1) is 0 Å². The van der Waals surface area contributed by atoms with Crippen molar-refractivity contribution < 1.29 is 10.2 Å². The molecule has 0 atom stereocenters. The zero-order valence-corrected chi connectivity index (χ0v) is 14.8. The van der Waals surface area contributed by atoms with Crippen LogP contribution in [0.15, 0.2) is 105 Å². The van der Waals surface area contributed by atoms with E-state index in [1.165, 1.54) is 6.07 Å². The standard InChI is InChI=1S/C22H16N4O2/c27-19-11-12-20-15(14-19)6-13-21(28)22(20)26-25-18-9-7-17(8-10-18)24-23-16-4-2-1-3-5-16/h1-14,27-28H. The average Bonchev–Trinajstić information content (AvgIpc) is 2.73. The molecule has 4 aromatic carbocycles. The maximum Gasteiger partial charge on any atom is 0.143 e. The van der Waals surface area contributed by atoms with E-state index >= 15 is 0 Å². The second kappa shape index (κ2) is 7.67. The molecule has 0 aliphatic carbocycles. The van der Waals surface area contributed by atoms with Crippen molar-refractivity contribution in [1.82, 2.24) is 0 Å². The van der Waals surface area contributed by atoms with Gasteiger partial charge in [-0.05, 0) is 66.0 Å². The summed E-state index contributed by atoms with van der Waals surface area (Å²) in [6.07, 6.45) is 0. The third-order valence-electron chi connectivity index (χ3n) is 4.11. The number of nitrogens with zero attached hydrogens (tertiary/aromatic N) is 4. The molecule has 0 saturated carbocycles. The van der Waals surface area contributed by atoms with E-state index in [1.54, 1.807) is 48.5 Å². The van der Waals surface area contributed by atoms with Crippen molar-refractivity contribution in [2.45, 2.75) is 0 Å². The fourth-order valence-electron chi connectivity index (χ4n) is 2.70. The summed E-state index contributed by atoms with van der Waals surface area (Å²) in [5.41, 5.74) is 2.45. The maximum absolute atomic E-state index is 10.1. The van der Waals surface area contributed by atoms with Gasteiger partial charge in [0.25, 0.3) is 0 Å². The number of phenols is 2. The van der Waals surface area contributed by atoms with E-state index in [2.05, 4.69) is 20.5 Å². The Hall–Kier alpha value is -4.06. The number of rotatable bonds is 4. The number of phenolic OH excluding ortho intramolecular Hbond substituents is 2. The molecule has 6 nitrogen and oxygen atoms in total. The molecular weight excluding hydrogens is 352 g/mol. The van der Waals surface area contributed by atoms with Gasteiger partial charge in [-0.15, -0.1) is 5.11 Å². The lowest BCUT2D eigenvalue weighted by molar-refractivity contribution is 0.474. The van der Waals surface area contributed by atoms with Gasteiger partial charge in [-0.1, -0.05) is 24.3 Å². The Kier molecular flexibility index (Phi) is 4.76. The van der Waals surface area contributed by atoms with Crippen molar-refractivity contribution in [3.05, 3.63) is 84.9 Å². The highest BCUT2D eigenvalue weighted by molar-refractivity contribution is 5.96. The molecule has 6 heteroatoms. The first-order valence-electron chi connectivity index (χ1n) is 8.62. The number of hydrogen-bond donors (Lipinski definition) is 2. The van der Waals surface area contributed by atoms with E-state index in [0.29, 0.717) is 22.4 Å². The topological polar surface area (TPSA) is 89.9 Å². The molecule has 0 amide bonds. The van der Waals surface area contributed by atoms with Gasteiger partial charge >= 0.3 is 0 Å². The molecule has 0 bridgehead atoms. The number of azo groups is 2. The molecule has 0 aliphatic rings. The molecule has 0 heterocycles. The molecule has 4 rings (SSSR count). The average molecular weight is 368 g/mol. The highest BCUT2D eigenvalue weighted by atomic mass is 16.3. The molecule has 28 heavy (non-hydrogen) atoms. The van der Waals surface area contributed by atoms with Gasteiger partial charge in [-0.25, -0.2) is 0 Å². The summed E-state index contributed by atoms with van der Waals surface area (Å²) >= 11 is 0. The quantitative estimate of drug-likeness (QED) is 0.377. The second-order valence-electron chi connectivity index (χ2n) is 6.09. The summed E-state index contributed by atoms with van der Waals surface area (Å²) < 4.78 is 0. The van der Waals surface area contributed by atoms with E-state index in [9.17, 15) is 10.2 Å². The number of fused-ring (bicyclic) bond motifs is 1. The summed E-state index contributed by atoms with van der Waals surface area (Å²) in [6, 6.07) is 24.7. The van der Waals surface area contributed by atoms with Crippen LogP contribution in [0.25, 0.3) is 10.8 Å². The van der Waals surface area contributed by atoms with E-state index in [4.69, 9.17) is 0 Å². The van der Waals surface area contributed by atoms with Gasteiger partial charge in [-0.3, -0.25) is 0 Å². The second-order valence-corrected chi connectivity index (χ2v) is 6.09. The molecule has 0 radical (unpaired) electrons. The Balaban J connectivity index is 1.56. The van der Waals surface area contributed by atoms with Crippen molar-refractivity contribution in [3.8, 4) is 11.5 Å². The fourth-order valence-corrected chi connectivity index (χ4v) is 2.70. The predicted molar refractivity (Wildman–Crippen MR) is 109 cm³/mol. The van der Waals surface area contributed by atoms with Crippen molar-refractivity contribution in [2.24, 2.45) is 20.5 Å². The van der Waals surface area contributed by atoms with E-state index in [0.717, 1.165) is 11.1 Å². The Bertz CT molecular complexity index is 1170. The third kappa shape index (κ3) is 3.86. The van der Waals surface area contributed by atoms with Gasteiger partial charge < -0.3 is 10.2 Å². The highest BCUT2D eigenvalue weighted by Gasteiger charge is 2.07. The zero-order chi connectivity index (χ0) is 19.3. The lowest BCUT2D eigenvalue weighted by Gasteiger charge is -2.04. The smallest absolute Gasteiger partial charge is 0.143 e. The van der Waals surface area contributed by atoms with Crippen molar-refractivity contribution in [2.75, 3.05) is 0 Å². The number of benzene rings is 4. The van der Waals surface area contributed by atoms with E-state index < -0.39 is 0 Å². The van der Waals surface area contributed by atoms with Gasteiger partial charge in [-0.2, -0.15) is 15.3 Å². The Morgan fingerprint density at radius 2 is 1.14 bits per heavy atom. The fraction of sp³-hybridized carbons (Fsp3) is 0. The minimum absolute atomic E-state index is 0.0234. The molecule has 2 N–H and O–H groups in total. The lowest BCUT2D eigenvalue weighted by Crippen LogP contribution is -1.75. The van der Waals surface area contributed by atoms with Crippen LogP contribution in [0.3, 0.4) is 0 Å². The predicted octanol–water partition coefficient (Wildman–Crippen LogP) is 7.08. The van der Waals surface area contributed by atoms with Crippen LogP contribution in [-0.2, 0) is 0 Å². The van der Waals surface area contributed by atoms with Crippen LogP contribution in [0.2, 0.25) is 0 Å². The van der Waals surface area contributed by atoms with Gasteiger partial charge in [0.2, 0.25) is 0 Å². The number of hydrogen-bond acceptors (Lipinski definition) is 6. The Morgan fingerprint density at radius 3 is 1.82 bits per heavy atom. The summed E-state index contributed by atoms with van der Waals surface area (Å²) in [6.45, 7) is 0. The Morgan fingerprint density at radius 1 is 0.536 bits per heavy atom. The van der Waals surface area contributed by atoms with Crippen LogP contribution < -0.4 is 0 Å². The molecule has 0 aromatic heterocycles. The molecule has 0 aliphatic heterocycles. The van der Waals surface area contributed by atoms with Gasteiger partial charge in [0.15, 0.2) is 0 Å². The molecule has 0 spiro atoms.